The summed E-state index contributed by atoms with van der Waals surface area (Å²) in [5.74, 6) is 0.178. The Hall–Kier alpha value is -1.87. The molecule has 4 rings (SSSR count). The second kappa shape index (κ2) is 8.02. The van der Waals surface area contributed by atoms with Crippen LogP contribution in [0.2, 0.25) is 5.02 Å². The number of thiophene rings is 1. The maximum absolute atomic E-state index is 13.4. The van der Waals surface area contributed by atoms with Gasteiger partial charge in [0.25, 0.3) is 0 Å². The van der Waals surface area contributed by atoms with E-state index in [0.717, 1.165) is 46.0 Å². The maximum atomic E-state index is 13.4. The minimum atomic E-state index is -0.456. The molecular weight excluding hydrogens is 405 g/mol. The van der Waals surface area contributed by atoms with Crippen molar-refractivity contribution in [1.29, 1.82) is 0 Å². The largest absolute Gasteiger partial charge is 0.372 e. The number of fused-ring (bicyclic) bond motifs is 1. The van der Waals surface area contributed by atoms with E-state index in [1.54, 1.807) is 6.07 Å². The Morgan fingerprint density at radius 2 is 2.07 bits per heavy atom. The Kier molecular flexibility index (Phi) is 5.49. The lowest BCUT2D eigenvalue weighted by molar-refractivity contribution is 0.431. The number of anilines is 2. The summed E-state index contributed by atoms with van der Waals surface area (Å²) >= 11 is 13.0. The van der Waals surface area contributed by atoms with Crippen LogP contribution < -0.4 is 16.0 Å². The number of halogens is 2. The highest BCUT2D eigenvalue weighted by molar-refractivity contribution is 7.81. The van der Waals surface area contributed by atoms with E-state index in [9.17, 15) is 4.39 Å². The lowest BCUT2D eigenvalue weighted by Crippen LogP contribution is -2.42. The molecule has 0 unspecified atom stereocenters. The molecule has 0 radical (unpaired) electrons. The van der Waals surface area contributed by atoms with E-state index >= 15 is 0 Å². The minimum Gasteiger partial charge on any atom is -0.372 e. The molecule has 1 fully saturated rings. The molecule has 2 aromatic heterocycles. The molecule has 27 heavy (non-hydrogen) atoms. The molecule has 0 spiro atoms. The van der Waals surface area contributed by atoms with Gasteiger partial charge in [-0.2, -0.15) is 0 Å². The van der Waals surface area contributed by atoms with Crippen LogP contribution in [0.25, 0.3) is 10.2 Å². The molecule has 9 heteroatoms. The van der Waals surface area contributed by atoms with Crippen LogP contribution in [0, 0.1) is 5.82 Å². The van der Waals surface area contributed by atoms with Gasteiger partial charge in [-0.05, 0) is 50.2 Å². The molecule has 1 aromatic carbocycles. The van der Waals surface area contributed by atoms with Crippen molar-refractivity contribution in [3.8, 4) is 0 Å². The summed E-state index contributed by atoms with van der Waals surface area (Å²) in [5.41, 5.74) is 0.657. The van der Waals surface area contributed by atoms with Crippen LogP contribution in [0.1, 0.15) is 17.7 Å². The van der Waals surface area contributed by atoms with Crippen molar-refractivity contribution >= 4 is 61.9 Å². The smallest absolute Gasteiger partial charge is 0.142 e. The third-order valence-electron chi connectivity index (χ3n) is 4.41. The second-order valence-electron chi connectivity index (χ2n) is 6.30. The van der Waals surface area contributed by atoms with E-state index in [0.29, 0.717) is 17.5 Å². The van der Waals surface area contributed by atoms with Gasteiger partial charge in [0.15, 0.2) is 0 Å². The second-order valence-corrected chi connectivity index (χ2v) is 8.15. The molecule has 1 aliphatic rings. The van der Waals surface area contributed by atoms with Crippen molar-refractivity contribution in [2.45, 2.75) is 18.9 Å². The van der Waals surface area contributed by atoms with Gasteiger partial charge in [0.2, 0.25) is 0 Å². The van der Waals surface area contributed by atoms with Gasteiger partial charge in [-0.25, -0.2) is 14.4 Å². The van der Waals surface area contributed by atoms with E-state index in [1.165, 1.54) is 29.8 Å². The summed E-state index contributed by atoms with van der Waals surface area (Å²) < 4.78 is 13.4. The van der Waals surface area contributed by atoms with Gasteiger partial charge in [-0.3, -0.25) is 0 Å². The highest BCUT2D eigenvalue weighted by Gasteiger charge is 2.17. The molecule has 0 saturated carbocycles. The number of hydrogen-bond acceptors (Lipinski definition) is 6. The number of nitrogens with zero attached hydrogens (tertiary/aromatic N) is 2. The average molecular weight is 422 g/mol. The topological polar surface area (TPSA) is 61.9 Å². The fraction of sp³-hybridized carbons (Fsp3) is 0.278. The standard InChI is InChI=1S/C18H17ClFN5S2/c19-13-7-11(1-2-14(13)20)24-16-12-8-15(27-18(12)23-9-22-16)17(26)25-10-3-5-21-6-4-10/h1-2,7-10,21H,3-6H2,(H,25,26)(H,22,23,24). The van der Waals surface area contributed by atoms with Gasteiger partial charge < -0.3 is 16.0 Å². The Morgan fingerprint density at radius 1 is 1.26 bits per heavy atom. The van der Waals surface area contributed by atoms with Gasteiger partial charge in [0.05, 0.1) is 15.3 Å². The fourth-order valence-corrected chi connectivity index (χ4v) is 4.43. The van der Waals surface area contributed by atoms with Crippen LogP contribution in [0.15, 0.2) is 30.6 Å². The maximum Gasteiger partial charge on any atom is 0.142 e. The minimum absolute atomic E-state index is 0.0589. The van der Waals surface area contributed by atoms with E-state index in [-0.39, 0.29) is 5.02 Å². The zero-order chi connectivity index (χ0) is 18.8. The summed E-state index contributed by atoms with van der Waals surface area (Å²) in [5, 5.41) is 10.9. The summed E-state index contributed by atoms with van der Waals surface area (Å²) in [7, 11) is 0. The third kappa shape index (κ3) is 4.19. The molecule has 1 saturated heterocycles. The normalized spacial score (nSPS) is 15.0. The quantitative estimate of drug-likeness (QED) is 0.547. The third-order valence-corrected chi connectivity index (χ3v) is 6.23. The summed E-state index contributed by atoms with van der Waals surface area (Å²) in [6.45, 7) is 2.01. The Morgan fingerprint density at radius 3 is 2.85 bits per heavy atom. The zero-order valence-corrected chi connectivity index (χ0v) is 16.6. The number of nitrogens with one attached hydrogen (secondary N) is 3. The SMILES string of the molecule is Fc1ccc(Nc2ncnc3sc(C(=S)NC4CCNCC4)cc23)cc1Cl. The molecule has 0 atom stereocenters. The highest BCUT2D eigenvalue weighted by atomic mass is 35.5. The number of rotatable bonds is 4. The van der Waals surface area contributed by atoms with Crippen molar-refractivity contribution in [2.75, 3.05) is 18.4 Å². The van der Waals surface area contributed by atoms with Gasteiger partial charge in [-0.15, -0.1) is 11.3 Å². The Bertz CT molecular complexity index is 987. The van der Waals surface area contributed by atoms with E-state index in [4.69, 9.17) is 23.8 Å². The van der Waals surface area contributed by atoms with Gasteiger partial charge in [0, 0.05) is 11.7 Å². The van der Waals surface area contributed by atoms with Crippen LogP contribution >= 0.6 is 35.2 Å². The fourth-order valence-electron chi connectivity index (χ4n) is 3.00. The number of piperidine rings is 1. The molecular formula is C18H17ClFN5S2. The Balaban J connectivity index is 1.57. The first-order valence-corrected chi connectivity index (χ1v) is 10.2. The van der Waals surface area contributed by atoms with Crippen molar-refractivity contribution in [3.63, 3.8) is 0 Å². The molecule has 5 nitrogen and oxygen atoms in total. The number of hydrogen-bond donors (Lipinski definition) is 3. The molecule has 0 amide bonds. The number of benzene rings is 1. The van der Waals surface area contributed by atoms with Crippen molar-refractivity contribution in [1.82, 2.24) is 20.6 Å². The average Bonchev–Trinajstić information content (AvgIpc) is 3.11. The van der Waals surface area contributed by atoms with Crippen LogP contribution in [0.4, 0.5) is 15.9 Å². The van der Waals surface area contributed by atoms with Gasteiger partial charge in [-0.1, -0.05) is 23.8 Å². The van der Waals surface area contributed by atoms with E-state index < -0.39 is 5.82 Å². The summed E-state index contributed by atoms with van der Waals surface area (Å²) in [4.78, 5) is 11.2. The zero-order valence-electron chi connectivity index (χ0n) is 14.3. The predicted molar refractivity (Wildman–Crippen MR) is 113 cm³/mol. The molecule has 3 aromatic rings. The first-order chi connectivity index (χ1) is 13.1. The van der Waals surface area contributed by atoms with Gasteiger partial charge in [0.1, 0.15) is 27.8 Å². The van der Waals surface area contributed by atoms with E-state index in [1.807, 2.05) is 6.07 Å². The van der Waals surface area contributed by atoms with Crippen molar-refractivity contribution in [2.24, 2.45) is 0 Å². The lowest BCUT2D eigenvalue weighted by Gasteiger charge is -2.24. The molecule has 0 aliphatic carbocycles. The molecule has 140 valence electrons. The summed E-state index contributed by atoms with van der Waals surface area (Å²) in [6, 6.07) is 6.85. The van der Waals surface area contributed by atoms with E-state index in [2.05, 4.69) is 25.9 Å². The monoisotopic (exact) mass is 421 g/mol. The van der Waals surface area contributed by atoms with Crippen LogP contribution in [-0.2, 0) is 0 Å². The number of aromatic nitrogens is 2. The van der Waals surface area contributed by atoms with Crippen LogP contribution in [0.5, 0.6) is 0 Å². The molecule has 3 N–H and O–H groups in total. The van der Waals surface area contributed by atoms with Crippen molar-refractivity contribution in [3.05, 3.63) is 46.3 Å². The Labute approximate surface area is 170 Å². The van der Waals surface area contributed by atoms with Crippen LogP contribution in [-0.4, -0.2) is 34.1 Å². The molecule has 1 aliphatic heterocycles. The van der Waals surface area contributed by atoms with Gasteiger partial charge >= 0.3 is 0 Å². The van der Waals surface area contributed by atoms with Crippen LogP contribution in [0.3, 0.4) is 0 Å². The first kappa shape index (κ1) is 18.5. The molecule has 3 heterocycles. The highest BCUT2D eigenvalue weighted by Crippen LogP contribution is 2.31. The first-order valence-electron chi connectivity index (χ1n) is 8.58. The number of thiocarbonyl (C=S) groups is 1. The predicted octanol–water partition coefficient (Wildman–Crippen LogP) is 4.24. The van der Waals surface area contributed by atoms with Crippen molar-refractivity contribution < 1.29 is 4.39 Å². The summed E-state index contributed by atoms with van der Waals surface area (Å²) in [6.07, 6.45) is 3.62. The lowest BCUT2D eigenvalue weighted by atomic mass is 10.1. The molecule has 0 bridgehead atoms.